The minimum atomic E-state index is 0.192. The molecule has 0 atom stereocenters. The van der Waals surface area contributed by atoms with Crippen molar-refractivity contribution >= 4 is 17.3 Å². The molecule has 1 rings (SSSR count). The molecule has 0 saturated carbocycles. The van der Waals surface area contributed by atoms with E-state index in [2.05, 4.69) is 60.4 Å². The Kier molecular flexibility index (Phi) is 7.11. The number of nitrogens with one attached hydrogen (secondary N) is 2. The topological polar surface area (TPSA) is 52.6 Å². The van der Waals surface area contributed by atoms with Gasteiger partial charge < -0.3 is 15.5 Å². The van der Waals surface area contributed by atoms with Crippen molar-refractivity contribution < 1.29 is 0 Å². The second-order valence-corrected chi connectivity index (χ2v) is 7.45. The van der Waals surface area contributed by atoms with E-state index >= 15 is 0 Å². The first kappa shape index (κ1) is 17.9. The van der Waals surface area contributed by atoms with Crippen molar-refractivity contribution in [2.75, 3.05) is 34.2 Å². The highest BCUT2D eigenvalue weighted by molar-refractivity contribution is 7.11. The smallest absolute Gasteiger partial charge is 0.191 e. The van der Waals surface area contributed by atoms with E-state index in [1.54, 1.807) is 18.4 Å². The summed E-state index contributed by atoms with van der Waals surface area (Å²) in [6.07, 6.45) is 3.00. The Morgan fingerprint density at radius 2 is 2.10 bits per heavy atom. The Morgan fingerprint density at radius 3 is 2.62 bits per heavy atom. The van der Waals surface area contributed by atoms with Crippen molar-refractivity contribution in [3.05, 3.63) is 16.1 Å². The molecule has 120 valence electrons. The average molecular weight is 311 g/mol. The van der Waals surface area contributed by atoms with Crippen molar-refractivity contribution in [3.63, 3.8) is 0 Å². The van der Waals surface area contributed by atoms with Gasteiger partial charge in [0.1, 0.15) is 5.01 Å². The second kappa shape index (κ2) is 8.34. The molecule has 21 heavy (non-hydrogen) atoms. The summed E-state index contributed by atoms with van der Waals surface area (Å²) in [7, 11) is 6.00. The van der Waals surface area contributed by atoms with E-state index in [1.165, 1.54) is 4.88 Å². The third-order valence-electron chi connectivity index (χ3n) is 3.06. The van der Waals surface area contributed by atoms with Gasteiger partial charge in [0.15, 0.2) is 5.96 Å². The van der Waals surface area contributed by atoms with Crippen LogP contribution in [0.3, 0.4) is 0 Å². The Balaban J connectivity index is 2.42. The third-order valence-corrected chi connectivity index (χ3v) is 4.20. The summed E-state index contributed by atoms with van der Waals surface area (Å²) in [5.74, 6) is 0.829. The number of nitrogens with zero attached hydrogens (tertiary/aromatic N) is 3. The van der Waals surface area contributed by atoms with Crippen LogP contribution in [0.2, 0.25) is 0 Å². The van der Waals surface area contributed by atoms with Gasteiger partial charge >= 0.3 is 0 Å². The number of thiazole rings is 1. The number of aliphatic imine (C=N–C) groups is 1. The minimum absolute atomic E-state index is 0.192. The fraction of sp³-hybridized carbons (Fsp3) is 0.733. The van der Waals surface area contributed by atoms with Crippen LogP contribution in [0.5, 0.6) is 0 Å². The molecule has 0 fully saturated rings. The van der Waals surface area contributed by atoms with Gasteiger partial charge in [0, 0.05) is 31.2 Å². The van der Waals surface area contributed by atoms with Crippen LogP contribution in [-0.2, 0) is 13.0 Å². The van der Waals surface area contributed by atoms with E-state index in [1.807, 2.05) is 6.20 Å². The van der Waals surface area contributed by atoms with Crippen molar-refractivity contribution in [1.29, 1.82) is 0 Å². The van der Waals surface area contributed by atoms with Gasteiger partial charge in [-0.15, -0.1) is 11.3 Å². The van der Waals surface area contributed by atoms with Crippen LogP contribution in [-0.4, -0.2) is 50.1 Å². The Morgan fingerprint density at radius 1 is 1.38 bits per heavy atom. The Hall–Kier alpha value is -1.14. The molecule has 0 saturated heterocycles. The van der Waals surface area contributed by atoms with Crippen LogP contribution < -0.4 is 10.6 Å². The molecule has 0 aliphatic rings. The molecule has 0 radical (unpaired) electrons. The normalized spacial score (nSPS) is 12.8. The van der Waals surface area contributed by atoms with Crippen LogP contribution in [0.1, 0.15) is 30.7 Å². The maximum absolute atomic E-state index is 4.41. The number of hydrogen-bond acceptors (Lipinski definition) is 4. The summed E-state index contributed by atoms with van der Waals surface area (Å²) in [6.45, 7) is 9.28. The summed E-state index contributed by atoms with van der Waals surface area (Å²) in [5, 5.41) is 7.82. The van der Waals surface area contributed by atoms with Crippen molar-refractivity contribution in [1.82, 2.24) is 20.5 Å². The number of rotatable bonds is 7. The summed E-state index contributed by atoms with van der Waals surface area (Å²) in [6, 6.07) is 0. The second-order valence-electron chi connectivity index (χ2n) is 6.26. The lowest BCUT2D eigenvalue weighted by atomic mass is 9.93. The lowest BCUT2D eigenvalue weighted by molar-refractivity contribution is 0.241. The van der Waals surface area contributed by atoms with E-state index in [4.69, 9.17) is 0 Å². The number of hydrogen-bond donors (Lipinski definition) is 2. The number of guanidine groups is 1. The van der Waals surface area contributed by atoms with Gasteiger partial charge in [-0.1, -0.05) is 20.8 Å². The predicted molar refractivity (Wildman–Crippen MR) is 92.0 cm³/mol. The molecule has 0 aliphatic heterocycles. The van der Waals surface area contributed by atoms with E-state index in [9.17, 15) is 0 Å². The van der Waals surface area contributed by atoms with Gasteiger partial charge in [0.05, 0.1) is 6.54 Å². The van der Waals surface area contributed by atoms with Crippen LogP contribution >= 0.6 is 11.3 Å². The molecule has 6 heteroatoms. The lowest BCUT2D eigenvalue weighted by Crippen LogP contribution is -2.44. The molecule has 0 bridgehead atoms. The van der Waals surface area contributed by atoms with E-state index in [-0.39, 0.29) is 5.41 Å². The van der Waals surface area contributed by atoms with E-state index in [0.717, 1.165) is 37.0 Å². The largest absolute Gasteiger partial charge is 0.356 e. The highest BCUT2D eigenvalue weighted by atomic mass is 32.1. The number of aromatic nitrogens is 1. The van der Waals surface area contributed by atoms with Crippen LogP contribution in [0, 0.1) is 5.41 Å². The van der Waals surface area contributed by atoms with Crippen molar-refractivity contribution in [3.8, 4) is 0 Å². The predicted octanol–water partition coefficient (Wildman–Crippen LogP) is 1.96. The highest BCUT2D eigenvalue weighted by Gasteiger charge is 2.19. The molecule has 1 aromatic rings. The molecule has 1 aromatic heterocycles. The molecule has 0 aromatic carbocycles. The fourth-order valence-electron chi connectivity index (χ4n) is 2.21. The first-order valence-corrected chi connectivity index (χ1v) is 8.21. The van der Waals surface area contributed by atoms with Crippen LogP contribution in [0.4, 0.5) is 0 Å². The summed E-state index contributed by atoms with van der Waals surface area (Å²) < 4.78 is 0. The van der Waals surface area contributed by atoms with Crippen LogP contribution in [0.15, 0.2) is 11.2 Å². The van der Waals surface area contributed by atoms with Gasteiger partial charge in [-0.2, -0.15) is 0 Å². The van der Waals surface area contributed by atoms with E-state index < -0.39 is 0 Å². The SMILES string of the molecule is CCc1cnc(CNC(=NC)NCC(C)(C)CN(C)C)s1. The van der Waals surface area contributed by atoms with Crippen molar-refractivity contribution in [2.45, 2.75) is 33.7 Å². The molecule has 5 nitrogen and oxygen atoms in total. The van der Waals surface area contributed by atoms with Gasteiger partial charge in [-0.25, -0.2) is 4.98 Å². The van der Waals surface area contributed by atoms with Gasteiger partial charge in [0.25, 0.3) is 0 Å². The molecule has 2 N–H and O–H groups in total. The molecule has 0 unspecified atom stereocenters. The first-order valence-electron chi connectivity index (χ1n) is 7.39. The molecular weight excluding hydrogens is 282 g/mol. The van der Waals surface area contributed by atoms with E-state index in [0.29, 0.717) is 0 Å². The third kappa shape index (κ3) is 6.91. The zero-order valence-electron chi connectivity index (χ0n) is 14.2. The standard InChI is InChI=1S/C15H29N5S/c1-7-12-8-17-13(21-12)9-18-14(16-4)19-10-15(2,3)11-20(5)6/h8H,7,9-11H2,1-6H3,(H2,16,18,19). The summed E-state index contributed by atoms with van der Waals surface area (Å²) in [4.78, 5) is 12.2. The van der Waals surface area contributed by atoms with Crippen molar-refractivity contribution in [2.24, 2.45) is 10.4 Å². The number of aryl methyl sites for hydroxylation is 1. The zero-order chi connectivity index (χ0) is 15.9. The zero-order valence-corrected chi connectivity index (χ0v) is 15.0. The van der Waals surface area contributed by atoms with Gasteiger partial charge in [0.2, 0.25) is 0 Å². The molecular formula is C15H29N5S. The Bertz CT molecular complexity index is 451. The highest BCUT2D eigenvalue weighted by Crippen LogP contribution is 2.14. The maximum Gasteiger partial charge on any atom is 0.191 e. The average Bonchev–Trinajstić information content (AvgIpc) is 2.85. The minimum Gasteiger partial charge on any atom is -0.356 e. The van der Waals surface area contributed by atoms with Gasteiger partial charge in [-0.05, 0) is 25.9 Å². The molecule has 0 amide bonds. The van der Waals surface area contributed by atoms with Gasteiger partial charge in [-0.3, -0.25) is 4.99 Å². The first-order chi connectivity index (χ1) is 9.86. The lowest BCUT2D eigenvalue weighted by Gasteiger charge is -2.29. The molecule has 0 spiro atoms. The Labute approximate surface area is 132 Å². The monoisotopic (exact) mass is 311 g/mol. The summed E-state index contributed by atoms with van der Waals surface area (Å²) in [5.41, 5.74) is 0.192. The maximum atomic E-state index is 4.41. The van der Waals surface area contributed by atoms with Crippen LogP contribution in [0.25, 0.3) is 0 Å². The molecule has 1 heterocycles. The molecule has 0 aliphatic carbocycles. The summed E-state index contributed by atoms with van der Waals surface area (Å²) >= 11 is 1.75. The quantitative estimate of drug-likeness (QED) is 0.597. The fourth-order valence-corrected chi connectivity index (χ4v) is 3.01.